The van der Waals surface area contributed by atoms with Crippen molar-refractivity contribution in [1.29, 1.82) is 0 Å². The summed E-state index contributed by atoms with van der Waals surface area (Å²) in [6.45, 7) is 0. The monoisotopic (exact) mass is 788 g/mol. The Kier molecular flexibility index (Phi) is 8.53. The van der Waals surface area contributed by atoms with Gasteiger partial charge < -0.3 is 9.47 Å². The zero-order valence-corrected chi connectivity index (χ0v) is 34.0. The van der Waals surface area contributed by atoms with Gasteiger partial charge in [-0.2, -0.15) is 0 Å². The molecule has 1 aromatic heterocycles. The van der Waals surface area contributed by atoms with Crippen LogP contribution in [0.4, 0.5) is 17.1 Å². The Labute approximate surface area is 360 Å². The molecular weight excluding hydrogens is 749 g/mol. The third-order valence-electron chi connectivity index (χ3n) is 12.5. The van der Waals surface area contributed by atoms with E-state index in [2.05, 4.69) is 252 Å². The lowest BCUT2D eigenvalue weighted by atomic mass is 9.86. The SMILES string of the molecule is c1ccc(-c2ccc3c(N(c4ccccc4)c4ccc5c(c4)c4ccccc4n5-c4ccccc4)c4cc(-c5ccccc5)ccc4c(-c4ccc5ccccc5c4)c3c2)cc1. The Morgan fingerprint density at radius 3 is 1.56 bits per heavy atom. The minimum atomic E-state index is 1.09. The number of rotatable bonds is 7. The second-order valence-electron chi connectivity index (χ2n) is 16.1. The molecule has 0 aliphatic rings. The van der Waals surface area contributed by atoms with E-state index in [1.165, 1.54) is 87.5 Å². The van der Waals surface area contributed by atoms with Gasteiger partial charge in [0.25, 0.3) is 0 Å². The summed E-state index contributed by atoms with van der Waals surface area (Å²) in [6, 6.07) is 88.7. The highest BCUT2D eigenvalue weighted by Crippen LogP contribution is 2.50. The van der Waals surface area contributed by atoms with Crippen LogP contribution in [0.25, 0.3) is 93.2 Å². The largest absolute Gasteiger partial charge is 0.309 e. The molecule has 12 aromatic rings. The lowest BCUT2D eigenvalue weighted by Crippen LogP contribution is -2.11. The van der Waals surface area contributed by atoms with Crippen LogP contribution in [-0.4, -0.2) is 4.57 Å². The molecule has 0 aliphatic carbocycles. The van der Waals surface area contributed by atoms with E-state index in [-0.39, 0.29) is 0 Å². The first-order valence-corrected chi connectivity index (χ1v) is 21.3. The number of para-hydroxylation sites is 3. The molecule has 2 nitrogen and oxygen atoms in total. The van der Waals surface area contributed by atoms with E-state index in [1.54, 1.807) is 0 Å². The Hall–Kier alpha value is -8.20. The maximum absolute atomic E-state index is 2.50. The van der Waals surface area contributed by atoms with Gasteiger partial charge in [-0.15, -0.1) is 0 Å². The lowest BCUT2D eigenvalue weighted by Gasteiger charge is -2.30. The van der Waals surface area contributed by atoms with Crippen molar-refractivity contribution >= 4 is 71.2 Å². The van der Waals surface area contributed by atoms with Crippen molar-refractivity contribution in [2.75, 3.05) is 4.90 Å². The number of hydrogen-bond acceptors (Lipinski definition) is 1. The van der Waals surface area contributed by atoms with Crippen LogP contribution < -0.4 is 4.90 Å². The molecule has 0 N–H and O–H groups in total. The third kappa shape index (κ3) is 5.96. The molecular formula is C60H40N2. The van der Waals surface area contributed by atoms with Gasteiger partial charge in [-0.05, 0) is 122 Å². The molecule has 0 fully saturated rings. The van der Waals surface area contributed by atoms with Crippen molar-refractivity contribution in [3.05, 3.63) is 243 Å². The topological polar surface area (TPSA) is 8.17 Å². The van der Waals surface area contributed by atoms with Crippen molar-refractivity contribution in [2.24, 2.45) is 0 Å². The Morgan fingerprint density at radius 1 is 0.274 bits per heavy atom. The molecule has 0 unspecified atom stereocenters. The van der Waals surface area contributed by atoms with Gasteiger partial charge in [-0.25, -0.2) is 0 Å². The van der Waals surface area contributed by atoms with Crippen molar-refractivity contribution < 1.29 is 0 Å². The Bertz CT molecular complexity index is 3610. The summed E-state index contributed by atoms with van der Waals surface area (Å²) in [4.78, 5) is 2.50. The first kappa shape index (κ1) is 35.7. The summed E-state index contributed by atoms with van der Waals surface area (Å²) in [5.74, 6) is 0. The fraction of sp³-hybridized carbons (Fsp3) is 0. The average molecular weight is 789 g/mol. The first-order valence-electron chi connectivity index (χ1n) is 21.3. The smallest absolute Gasteiger partial charge is 0.0619 e. The molecule has 0 saturated carbocycles. The van der Waals surface area contributed by atoms with Crippen LogP contribution in [-0.2, 0) is 0 Å². The average Bonchev–Trinajstić information content (AvgIpc) is 3.68. The number of fused-ring (bicyclic) bond motifs is 6. The van der Waals surface area contributed by atoms with Gasteiger partial charge in [0.05, 0.1) is 16.7 Å². The predicted octanol–water partition coefficient (Wildman–Crippen LogP) is 16.7. The second-order valence-corrected chi connectivity index (χ2v) is 16.1. The van der Waals surface area contributed by atoms with E-state index < -0.39 is 0 Å². The van der Waals surface area contributed by atoms with E-state index in [9.17, 15) is 0 Å². The Morgan fingerprint density at radius 2 is 0.839 bits per heavy atom. The second kappa shape index (κ2) is 14.8. The standard InChI is InChI=1S/C60H40N2/c1-5-17-41(18-6-1)45-32-35-53-55(38-45)59(47-30-29-43-21-13-14-22-44(43)37-47)52-34-31-46(42-19-7-2-8-20-42)39-56(52)60(53)61(48-23-9-3-10-24-48)50-33-36-58-54(40-50)51-27-15-16-28-57(51)62(58)49-25-11-4-12-26-49/h1-40H. The highest BCUT2D eigenvalue weighted by Gasteiger charge is 2.25. The van der Waals surface area contributed by atoms with Crippen molar-refractivity contribution in [3.8, 4) is 39.1 Å². The molecule has 0 bridgehead atoms. The molecule has 11 aromatic carbocycles. The van der Waals surface area contributed by atoms with Gasteiger partial charge >= 0.3 is 0 Å². The van der Waals surface area contributed by atoms with Crippen LogP contribution in [0.5, 0.6) is 0 Å². The molecule has 12 rings (SSSR count). The molecule has 62 heavy (non-hydrogen) atoms. The molecule has 2 heteroatoms. The maximum atomic E-state index is 2.50. The summed E-state index contributed by atoms with van der Waals surface area (Å²) in [7, 11) is 0. The van der Waals surface area contributed by atoms with Crippen LogP contribution in [0.3, 0.4) is 0 Å². The maximum Gasteiger partial charge on any atom is 0.0619 e. The number of nitrogens with zero attached hydrogens (tertiary/aromatic N) is 2. The third-order valence-corrected chi connectivity index (χ3v) is 12.5. The summed E-state index contributed by atoms with van der Waals surface area (Å²) in [6.07, 6.45) is 0. The lowest BCUT2D eigenvalue weighted by molar-refractivity contribution is 1.18. The normalized spacial score (nSPS) is 11.5. The van der Waals surface area contributed by atoms with E-state index >= 15 is 0 Å². The molecule has 0 atom stereocenters. The van der Waals surface area contributed by atoms with Gasteiger partial charge in [0.2, 0.25) is 0 Å². The highest BCUT2D eigenvalue weighted by molar-refractivity contribution is 6.24. The van der Waals surface area contributed by atoms with Gasteiger partial charge in [0.15, 0.2) is 0 Å². The van der Waals surface area contributed by atoms with Gasteiger partial charge in [0.1, 0.15) is 0 Å². The summed E-state index contributed by atoms with van der Waals surface area (Å²) in [5, 5.41) is 9.67. The molecule has 0 amide bonds. The summed E-state index contributed by atoms with van der Waals surface area (Å²) in [5.41, 5.74) is 14.0. The van der Waals surface area contributed by atoms with E-state index in [4.69, 9.17) is 0 Å². The number of anilines is 3. The minimum absolute atomic E-state index is 1.09. The zero-order chi connectivity index (χ0) is 41.0. The minimum Gasteiger partial charge on any atom is -0.309 e. The number of hydrogen-bond donors (Lipinski definition) is 0. The molecule has 0 radical (unpaired) electrons. The summed E-state index contributed by atoms with van der Waals surface area (Å²) < 4.78 is 2.39. The molecule has 0 spiro atoms. The van der Waals surface area contributed by atoms with Gasteiger partial charge in [-0.1, -0.05) is 176 Å². The zero-order valence-electron chi connectivity index (χ0n) is 34.0. The molecule has 290 valence electrons. The fourth-order valence-electron chi connectivity index (χ4n) is 9.66. The van der Waals surface area contributed by atoms with Crippen LogP contribution in [0.1, 0.15) is 0 Å². The Balaban J connectivity index is 1.22. The van der Waals surface area contributed by atoms with E-state index in [0.29, 0.717) is 0 Å². The first-order chi connectivity index (χ1) is 30.8. The van der Waals surface area contributed by atoms with Gasteiger partial charge in [-0.3, -0.25) is 0 Å². The summed E-state index contributed by atoms with van der Waals surface area (Å²) >= 11 is 0. The molecule has 0 aliphatic heterocycles. The van der Waals surface area contributed by atoms with Crippen LogP contribution in [0.2, 0.25) is 0 Å². The van der Waals surface area contributed by atoms with Crippen molar-refractivity contribution in [1.82, 2.24) is 4.57 Å². The molecule has 1 heterocycles. The van der Waals surface area contributed by atoms with E-state index in [0.717, 1.165) is 22.7 Å². The van der Waals surface area contributed by atoms with Crippen molar-refractivity contribution in [3.63, 3.8) is 0 Å². The number of benzene rings is 11. The fourth-order valence-corrected chi connectivity index (χ4v) is 9.66. The number of aromatic nitrogens is 1. The highest BCUT2D eigenvalue weighted by atomic mass is 15.1. The van der Waals surface area contributed by atoms with Gasteiger partial charge in [0, 0.05) is 38.6 Å². The van der Waals surface area contributed by atoms with Crippen LogP contribution in [0, 0.1) is 0 Å². The molecule has 0 saturated heterocycles. The predicted molar refractivity (Wildman–Crippen MR) is 264 cm³/mol. The van der Waals surface area contributed by atoms with E-state index in [1.807, 2.05) is 0 Å². The quantitative estimate of drug-likeness (QED) is 0.146. The van der Waals surface area contributed by atoms with Crippen LogP contribution >= 0.6 is 0 Å². The van der Waals surface area contributed by atoms with Crippen LogP contribution in [0.15, 0.2) is 243 Å². The van der Waals surface area contributed by atoms with Crippen molar-refractivity contribution in [2.45, 2.75) is 0 Å².